The second-order valence-corrected chi connectivity index (χ2v) is 8.55. The third-order valence-electron chi connectivity index (χ3n) is 5.51. The minimum absolute atomic E-state index is 0.157. The van der Waals surface area contributed by atoms with Crippen LogP contribution in [0.15, 0.2) is 72.3 Å². The van der Waals surface area contributed by atoms with Crippen LogP contribution >= 0.6 is 11.6 Å². The molecule has 1 saturated heterocycles. The number of anilines is 2. The highest BCUT2D eigenvalue weighted by Gasteiger charge is 2.36. The van der Waals surface area contributed by atoms with E-state index in [-0.39, 0.29) is 28.6 Å². The molecule has 0 saturated carbocycles. The van der Waals surface area contributed by atoms with Crippen LogP contribution < -0.4 is 29.7 Å². The lowest BCUT2D eigenvalue weighted by Gasteiger charge is -2.26. The van der Waals surface area contributed by atoms with Gasteiger partial charge in [-0.1, -0.05) is 17.7 Å². The summed E-state index contributed by atoms with van der Waals surface area (Å²) in [5, 5.41) is 5.02. The van der Waals surface area contributed by atoms with E-state index in [4.69, 9.17) is 25.8 Å². The normalized spacial score (nSPS) is 14.2. The molecule has 0 aliphatic carbocycles. The van der Waals surface area contributed by atoms with E-state index in [9.17, 15) is 19.2 Å². The zero-order chi connectivity index (χ0) is 27.9. The van der Waals surface area contributed by atoms with E-state index in [1.54, 1.807) is 61.7 Å². The lowest BCUT2D eigenvalue weighted by molar-refractivity contribution is -0.122. The molecule has 0 bridgehead atoms. The standard InChI is InChI=1S/C28H24ClN3O7/c1-3-38-21-11-7-19(8-12-21)32-27(35)22(26(34)31-28(32)36)14-17-4-13-24(23(29)15-17)39-16-25(33)30-18-5-9-20(37-2)10-6-18/h4-15H,3,16H2,1-2H3,(H,30,33)(H,31,34,36)/b22-14+. The zero-order valence-corrected chi connectivity index (χ0v) is 21.8. The molecular formula is C28H24ClN3O7. The van der Waals surface area contributed by atoms with Crippen LogP contribution in [0.3, 0.4) is 0 Å². The van der Waals surface area contributed by atoms with Crippen LogP contribution in [0.4, 0.5) is 16.2 Å². The number of urea groups is 1. The average Bonchev–Trinajstić information content (AvgIpc) is 2.92. The fourth-order valence-corrected chi connectivity index (χ4v) is 3.90. The number of nitrogens with one attached hydrogen (secondary N) is 2. The number of methoxy groups -OCH3 is 1. The van der Waals surface area contributed by atoms with Gasteiger partial charge in [-0.05, 0) is 79.2 Å². The van der Waals surface area contributed by atoms with Gasteiger partial charge in [0.15, 0.2) is 6.61 Å². The third-order valence-corrected chi connectivity index (χ3v) is 5.80. The second-order valence-electron chi connectivity index (χ2n) is 8.14. The van der Waals surface area contributed by atoms with Gasteiger partial charge >= 0.3 is 6.03 Å². The summed E-state index contributed by atoms with van der Waals surface area (Å²) in [6.45, 7) is 2.00. The van der Waals surface area contributed by atoms with E-state index in [1.165, 1.54) is 18.2 Å². The largest absolute Gasteiger partial charge is 0.497 e. The highest BCUT2D eigenvalue weighted by atomic mass is 35.5. The number of carbonyl (C=O) groups excluding carboxylic acids is 4. The Morgan fingerprint density at radius 2 is 1.67 bits per heavy atom. The van der Waals surface area contributed by atoms with Gasteiger partial charge in [-0.25, -0.2) is 9.69 Å². The number of amides is 5. The predicted molar refractivity (Wildman–Crippen MR) is 145 cm³/mol. The fourth-order valence-electron chi connectivity index (χ4n) is 3.66. The van der Waals surface area contributed by atoms with Crippen molar-refractivity contribution in [3.63, 3.8) is 0 Å². The van der Waals surface area contributed by atoms with Crippen LogP contribution in [-0.2, 0) is 14.4 Å². The van der Waals surface area contributed by atoms with Crippen molar-refractivity contribution in [2.45, 2.75) is 6.92 Å². The summed E-state index contributed by atoms with van der Waals surface area (Å²) >= 11 is 6.32. The van der Waals surface area contributed by atoms with E-state index in [0.717, 1.165) is 4.90 Å². The molecule has 39 heavy (non-hydrogen) atoms. The lowest BCUT2D eigenvalue weighted by Crippen LogP contribution is -2.54. The minimum atomic E-state index is -0.860. The molecule has 200 valence electrons. The molecule has 2 N–H and O–H groups in total. The Bertz CT molecular complexity index is 1440. The number of halogens is 1. The highest BCUT2D eigenvalue weighted by molar-refractivity contribution is 6.39. The summed E-state index contributed by atoms with van der Waals surface area (Å²) in [5.74, 6) is -0.555. The minimum Gasteiger partial charge on any atom is -0.497 e. The van der Waals surface area contributed by atoms with Crippen LogP contribution in [0.5, 0.6) is 17.2 Å². The summed E-state index contributed by atoms with van der Waals surface area (Å²) in [4.78, 5) is 51.1. The Kier molecular flexibility index (Phi) is 8.47. The number of barbiturate groups is 1. The second kappa shape index (κ2) is 12.1. The van der Waals surface area contributed by atoms with Gasteiger partial charge in [0.2, 0.25) is 0 Å². The summed E-state index contributed by atoms with van der Waals surface area (Å²) in [5.41, 5.74) is 1.00. The summed E-state index contributed by atoms with van der Waals surface area (Å²) in [6.07, 6.45) is 1.32. The molecule has 3 aromatic carbocycles. The monoisotopic (exact) mass is 549 g/mol. The van der Waals surface area contributed by atoms with Gasteiger partial charge in [-0.3, -0.25) is 19.7 Å². The summed E-state index contributed by atoms with van der Waals surface area (Å²) in [6, 6.07) is 16.8. The first-order valence-corrected chi connectivity index (χ1v) is 12.2. The summed E-state index contributed by atoms with van der Waals surface area (Å²) in [7, 11) is 1.55. The number of ether oxygens (including phenoxy) is 3. The molecule has 4 rings (SSSR count). The predicted octanol–water partition coefficient (Wildman–Crippen LogP) is 4.43. The molecule has 0 unspecified atom stereocenters. The van der Waals surface area contributed by atoms with Crippen LogP contribution in [-0.4, -0.2) is 44.1 Å². The Labute approximate surface area is 229 Å². The zero-order valence-electron chi connectivity index (χ0n) is 21.0. The molecule has 5 amide bonds. The van der Waals surface area contributed by atoms with E-state index in [2.05, 4.69) is 10.6 Å². The summed E-state index contributed by atoms with van der Waals surface area (Å²) < 4.78 is 16.0. The van der Waals surface area contributed by atoms with Gasteiger partial charge < -0.3 is 19.5 Å². The van der Waals surface area contributed by atoms with Gasteiger partial charge in [0.25, 0.3) is 17.7 Å². The van der Waals surface area contributed by atoms with Crippen LogP contribution in [0.1, 0.15) is 12.5 Å². The Balaban J connectivity index is 1.44. The van der Waals surface area contributed by atoms with Gasteiger partial charge in [0.05, 0.1) is 24.4 Å². The molecule has 0 spiro atoms. The van der Waals surface area contributed by atoms with Crippen molar-refractivity contribution in [1.29, 1.82) is 0 Å². The number of hydrogen-bond acceptors (Lipinski definition) is 7. The van der Waals surface area contributed by atoms with Crippen LogP contribution in [0.25, 0.3) is 6.08 Å². The van der Waals surface area contributed by atoms with Crippen molar-refractivity contribution in [2.75, 3.05) is 30.5 Å². The first-order valence-electron chi connectivity index (χ1n) is 11.8. The number of nitrogens with zero attached hydrogens (tertiary/aromatic N) is 1. The number of rotatable bonds is 9. The number of hydrogen-bond donors (Lipinski definition) is 2. The smallest absolute Gasteiger partial charge is 0.335 e. The molecule has 10 nitrogen and oxygen atoms in total. The number of carbonyl (C=O) groups is 4. The third kappa shape index (κ3) is 6.55. The van der Waals surface area contributed by atoms with Crippen LogP contribution in [0, 0.1) is 0 Å². The lowest BCUT2D eigenvalue weighted by atomic mass is 10.1. The first-order chi connectivity index (χ1) is 18.8. The maximum Gasteiger partial charge on any atom is 0.335 e. The molecule has 0 atom stereocenters. The molecule has 0 radical (unpaired) electrons. The molecular weight excluding hydrogens is 526 g/mol. The van der Waals surface area contributed by atoms with E-state index < -0.39 is 23.8 Å². The van der Waals surface area contributed by atoms with Crippen molar-refractivity contribution in [1.82, 2.24) is 5.32 Å². The topological polar surface area (TPSA) is 123 Å². The average molecular weight is 550 g/mol. The van der Waals surface area contributed by atoms with Crippen LogP contribution in [0.2, 0.25) is 5.02 Å². The Morgan fingerprint density at radius 1 is 0.974 bits per heavy atom. The fraction of sp³-hybridized carbons (Fsp3) is 0.143. The van der Waals surface area contributed by atoms with E-state index >= 15 is 0 Å². The van der Waals surface area contributed by atoms with Crippen molar-refractivity contribution in [2.24, 2.45) is 0 Å². The maximum atomic E-state index is 13.1. The van der Waals surface area contributed by atoms with E-state index in [0.29, 0.717) is 29.4 Å². The molecule has 0 aromatic heterocycles. The first kappa shape index (κ1) is 27.2. The van der Waals surface area contributed by atoms with Gasteiger partial charge in [-0.15, -0.1) is 0 Å². The highest BCUT2D eigenvalue weighted by Crippen LogP contribution is 2.28. The van der Waals surface area contributed by atoms with Crippen molar-refractivity contribution in [3.05, 3.63) is 82.9 Å². The van der Waals surface area contributed by atoms with Gasteiger partial charge in [0, 0.05) is 5.69 Å². The molecule has 11 heteroatoms. The molecule has 1 fully saturated rings. The van der Waals surface area contributed by atoms with E-state index in [1.807, 2.05) is 6.92 Å². The maximum absolute atomic E-state index is 13.1. The van der Waals surface area contributed by atoms with Crippen molar-refractivity contribution < 1.29 is 33.4 Å². The van der Waals surface area contributed by atoms with Gasteiger partial charge in [0.1, 0.15) is 22.8 Å². The Morgan fingerprint density at radius 3 is 2.31 bits per heavy atom. The quantitative estimate of drug-likeness (QED) is 0.299. The number of imide groups is 2. The molecule has 1 aliphatic heterocycles. The van der Waals surface area contributed by atoms with Gasteiger partial charge in [-0.2, -0.15) is 0 Å². The Hall–Kier alpha value is -4.83. The van der Waals surface area contributed by atoms with Crippen molar-refractivity contribution >= 4 is 52.8 Å². The molecule has 3 aromatic rings. The molecule has 1 heterocycles. The SMILES string of the molecule is CCOc1ccc(N2C(=O)NC(=O)/C(=C\c3ccc(OCC(=O)Nc4ccc(OC)cc4)c(Cl)c3)C2=O)cc1. The molecule has 1 aliphatic rings. The number of benzene rings is 3. The van der Waals surface area contributed by atoms with Crippen molar-refractivity contribution in [3.8, 4) is 17.2 Å².